The van der Waals surface area contributed by atoms with E-state index in [-0.39, 0.29) is 40.8 Å². The summed E-state index contributed by atoms with van der Waals surface area (Å²) in [6.45, 7) is 0.833. The van der Waals surface area contributed by atoms with Gasteiger partial charge in [-0.25, -0.2) is 13.8 Å². The molecule has 0 unspecified atom stereocenters. The van der Waals surface area contributed by atoms with Gasteiger partial charge in [-0.2, -0.15) is 4.98 Å². The number of rotatable bonds is 9. The lowest BCUT2D eigenvalue weighted by molar-refractivity contribution is -0.115. The van der Waals surface area contributed by atoms with Gasteiger partial charge < -0.3 is 26.0 Å². The highest BCUT2D eigenvalue weighted by Gasteiger charge is 2.22. The van der Waals surface area contributed by atoms with E-state index in [2.05, 4.69) is 20.6 Å². The molecule has 10 nitrogen and oxygen atoms in total. The molecule has 0 radical (unpaired) electrons. The molecule has 12 heteroatoms. The van der Waals surface area contributed by atoms with Gasteiger partial charge in [0, 0.05) is 28.3 Å². The summed E-state index contributed by atoms with van der Waals surface area (Å²) in [5, 5.41) is 37.5. The lowest BCUT2D eigenvalue weighted by Gasteiger charge is -2.18. The van der Waals surface area contributed by atoms with E-state index in [1.807, 2.05) is 24.3 Å². The molecule has 6 rings (SSSR count). The molecule has 2 heterocycles. The van der Waals surface area contributed by atoms with E-state index < -0.39 is 42.1 Å². The number of phenols is 1. The average Bonchev–Trinajstić information content (AvgIpc) is 3.06. The van der Waals surface area contributed by atoms with Crippen LogP contribution in [-0.2, 0) is 11.2 Å². The number of carbonyl (C=O) groups is 1. The fraction of sp³-hybridized carbons (Fsp3) is 0.143. The normalized spacial score (nSPS) is 11.4. The molecule has 47 heavy (non-hydrogen) atoms. The molecule has 6 aromatic rings. The van der Waals surface area contributed by atoms with Crippen molar-refractivity contribution in [1.29, 1.82) is 0 Å². The molecule has 238 valence electrons. The zero-order valence-electron chi connectivity index (χ0n) is 25.0. The number of phenolic OH excluding ortho intramolecular Hbond substituents is 1. The highest BCUT2D eigenvalue weighted by Crippen LogP contribution is 2.33. The van der Waals surface area contributed by atoms with Crippen molar-refractivity contribution in [3.63, 3.8) is 0 Å². The summed E-state index contributed by atoms with van der Waals surface area (Å²) in [7, 11) is 0. The number of nitrogens with zero attached hydrogens (tertiary/aromatic N) is 3. The quantitative estimate of drug-likeness (QED) is 0.151. The Morgan fingerprint density at radius 1 is 0.894 bits per heavy atom. The first-order chi connectivity index (χ1) is 22.7. The van der Waals surface area contributed by atoms with Gasteiger partial charge in [0.1, 0.15) is 23.1 Å². The Labute approximate surface area is 266 Å². The van der Waals surface area contributed by atoms with Crippen LogP contribution in [0.25, 0.3) is 38.8 Å². The van der Waals surface area contributed by atoms with E-state index in [0.717, 1.165) is 33.5 Å². The molecule has 0 saturated heterocycles. The second-order valence-electron chi connectivity index (χ2n) is 11.0. The van der Waals surface area contributed by atoms with Crippen LogP contribution in [0.4, 0.5) is 20.4 Å². The number of carbonyl (C=O) groups excluding carboxylic acids is 1. The molecule has 0 fully saturated rings. The van der Waals surface area contributed by atoms with Gasteiger partial charge in [-0.3, -0.25) is 14.2 Å². The van der Waals surface area contributed by atoms with Crippen molar-refractivity contribution < 1.29 is 28.9 Å². The van der Waals surface area contributed by atoms with Crippen molar-refractivity contribution in [2.75, 3.05) is 23.8 Å². The summed E-state index contributed by atoms with van der Waals surface area (Å²) in [6.07, 6.45) is -0.106. The summed E-state index contributed by atoms with van der Waals surface area (Å²) in [6, 6.07) is 20.8. The molecule has 4 aromatic carbocycles. The maximum Gasteiger partial charge on any atom is 0.256 e. The number of aromatic nitrogens is 3. The molecule has 2 aromatic heterocycles. The van der Waals surface area contributed by atoms with Crippen LogP contribution in [0, 0.1) is 18.6 Å². The fourth-order valence-corrected chi connectivity index (χ4v) is 5.47. The summed E-state index contributed by atoms with van der Waals surface area (Å²) in [5.41, 5.74) is 0.800. The van der Waals surface area contributed by atoms with Crippen molar-refractivity contribution in [3.8, 4) is 22.7 Å². The maximum atomic E-state index is 15.0. The molecular formula is C35H29F2N5O5. The number of aliphatic hydroxyl groups is 2. The number of para-hydroxylation sites is 1. The van der Waals surface area contributed by atoms with Gasteiger partial charge in [-0.15, -0.1) is 0 Å². The molecule has 0 bridgehead atoms. The zero-order valence-corrected chi connectivity index (χ0v) is 25.0. The van der Waals surface area contributed by atoms with E-state index in [1.54, 1.807) is 37.3 Å². The van der Waals surface area contributed by atoms with Gasteiger partial charge in [0.05, 0.1) is 31.4 Å². The van der Waals surface area contributed by atoms with E-state index >= 15 is 8.78 Å². The van der Waals surface area contributed by atoms with Crippen molar-refractivity contribution in [1.82, 2.24) is 14.5 Å². The van der Waals surface area contributed by atoms with E-state index in [4.69, 9.17) is 0 Å². The second-order valence-corrected chi connectivity index (χ2v) is 11.0. The average molecular weight is 638 g/mol. The number of aryl methyl sites for hydroxylation is 1. The summed E-state index contributed by atoms with van der Waals surface area (Å²) in [4.78, 5) is 35.4. The van der Waals surface area contributed by atoms with Crippen LogP contribution in [0.1, 0.15) is 11.1 Å². The minimum Gasteiger partial charge on any atom is -0.508 e. The number of fused-ring (bicyclic) bond motifs is 2. The molecule has 0 aliphatic heterocycles. The standard InChI is InChI=1S/C35H29F2N5O5/c1-19-9-11-21(38-30(46)16-26-23-6-3-2-5-20(23)10-13-29(26)45)15-25(19)32-24-12-14-31(47)42(33-27(36)7-4-8-28(33)37)34(24)41-35(40-32)39-22(17-43)18-44/h2-15,22,43-45H,16-18H2,1H3,(H,38,46)(H,39,40,41). The van der Waals surface area contributed by atoms with Crippen LogP contribution < -0.4 is 16.2 Å². The Kier molecular flexibility index (Phi) is 8.61. The number of halogens is 2. The van der Waals surface area contributed by atoms with Crippen LogP contribution in [0.2, 0.25) is 0 Å². The number of hydrogen-bond donors (Lipinski definition) is 5. The third-order valence-electron chi connectivity index (χ3n) is 7.82. The summed E-state index contributed by atoms with van der Waals surface area (Å²) in [5.74, 6) is -2.50. The Balaban J connectivity index is 1.47. The number of aromatic hydroxyl groups is 1. The van der Waals surface area contributed by atoms with Crippen LogP contribution in [-0.4, -0.2) is 55.0 Å². The molecular weight excluding hydrogens is 608 g/mol. The molecule has 5 N–H and O–H groups in total. The van der Waals surface area contributed by atoms with Crippen LogP contribution in [0.3, 0.4) is 0 Å². The molecule has 0 spiro atoms. The van der Waals surface area contributed by atoms with Crippen LogP contribution in [0.5, 0.6) is 5.75 Å². The SMILES string of the molecule is Cc1ccc(NC(=O)Cc2c(O)ccc3ccccc23)cc1-c1nc(NC(CO)CO)nc2c1ccc(=O)n2-c1c(F)cccc1F. The predicted octanol–water partition coefficient (Wildman–Crippen LogP) is 4.84. The third kappa shape index (κ3) is 6.11. The minimum absolute atomic E-state index is 0.00247. The first-order valence-corrected chi connectivity index (χ1v) is 14.7. The summed E-state index contributed by atoms with van der Waals surface area (Å²) < 4.78 is 30.8. The zero-order chi connectivity index (χ0) is 33.2. The lowest BCUT2D eigenvalue weighted by Crippen LogP contribution is -2.29. The van der Waals surface area contributed by atoms with E-state index in [0.29, 0.717) is 22.4 Å². The van der Waals surface area contributed by atoms with E-state index in [9.17, 15) is 24.9 Å². The second kappa shape index (κ2) is 12.9. The van der Waals surface area contributed by atoms with Crippen molar-refractivity contribution in [3.05, 3.63) is 118 Å². The highest BCUT2D eigenvalue weighted by atomic mass is 19.1. The smallest absolute Gasteiger partial charge is 0.256 e. The largest absolute Gasteiger partial charge is 0.508 e. The summed E-state index contributed by atoms with van der Waals surface area (Å²) >= 11 is 0. The number of anilines is 2. The topological polar surface area (TPSA) is 150 Å². The van der Waals surface area contributed by atoms with E-state index in [1.165, 1.54) is 12.1 Å². The van der Waals surface area contributed by atoms with Crippen molar-refractivity contribution in [2.45, 2.75) is 19.4 Å². The number of hydrogen-bond acceptors (Lipinski definition) is 8. The molecule has 0 aliphatic carbocycles. The first kappa shape index (κ1) is 31.3. The van der Waals surface area contributed by atoms with Gasteiger partial charge in [0.25, 0.3) is 5.56 Å². The predicted molar refractivity (Wildman–Crippen MR) is 175 cm³/mol. The highest BCUT2D eigenvalue weighted by molar-refractivity contribution is 5.99. The number of amides is 1. The lowest BCUT2D eigenvalue weighted by atomic mass is 10.00. The van der Waals surface area contributed by atoms with Gasteiger partial charge in [-0.1, -0.05) is 42.5 Å². The Morgan fingerprint density at radius 2 is 1.64 bits per heavy atom. The van der Waals surface area contributed by atoms with Gasteiger partial charge in [-0.05, 0) is 59.7 Å². The van der Waals surface area contributed by atoms with Crippen molar-refractivity contribution >= 4 is 39.3 Å². The first-order valence-electron chi connectivity index (χ1n) is 14.7. The maximum absolute atomic E-state index is 15.0. The number of pyridine rings is 1. The third-order valence-corrected chi connectivity index (χ3v) is 7.82. The Morgan fingerprint density at radius 3 is 2.38 bits per heavy atom. The molecule has 0 aliphatic rings. The van der Waals surface area contributed by atoms with Gasteiger partial charge >= 0.3 is 0 Å². The van der Waals surface area contributed by atoms with Crippen LogP contribution in [0.15, 0.2) is 89.7 Å². The Bertz CT molecular complexity index is 2200. The molecule has 0 atom stereocenters. The number of aliphatic hydroxyl groups excluding tert-OH is 2. The van der Waals surface area contributed by atoms with Crippen molar-refractivity contribution in [2.24, 2.45) is 0 Å². The minimum atomic E-state index is -0.990. The number of nitrogens with one attached hydrogen (secondary N) is 2. The van der Waals surface area contributed by atoms with Crippen LogP contribution >= 0.6 is 0 Å². The molecule has 0 saturated carbocycles. The monoisotopic (exact) mass is 637 g/mol. The van der Waals surface area contributed by atoms with Gasteiger partial charge in [0.15, 0.2) is 5.65 Å². The van der Waals surface area contributed by atoms with Gasteiger partial charge in [0.2, 0.25) is 11.9 Å². The fourth-order valence-electron chi connectivity index (χ4n) is 5.47. The number of benzene rings is 4. The Hall–Kier alpha value is -5.72. The molecule has 1 amide bonds.